The second-order valence-electron chi connectivity index (χ2n) is 8.11. The molecule has 7 nitrogen and oxygen atoms in total. The number of hydrogen-bond acceptors (Lipinski definition) is 5. The van der Waals surface area contributed by atoms with Crippen LogP contribution in [0.3, 0.4) is 0 Å². The van der Waals surface area contributed by atoms with Crippen LogP contribution in [0.25, 0.3) is 43.3 Å². The molecule has 0 radical (unpaired) electrons. The number of ether oxygens (including phenoxy) is 1. The molecule has 1 aliphatic heterocycles. The number of pyridine rings is 1. The van der Waals surface area contributed by atoms with Gasteiger partial charge in [-0.05, 0) is 53.2 Å². The standard InChI is InChI=1S/C25H20N4O3S/c26-24(30)18-13-19(14-2-4-21-15(11-14)5-10-33-21)27-22-17-3-1-16(12-20(17)28-23(18)22)25(31)29-6-8-32-9-7-29/h1-5,10-13,28H,6-9H2,(H2,26,30). The molecule has 0 aliphatic carbocycles. The Morgan fingerprint density at radius 2 is 1.91 bits per heavy atom. The summed E-state index contributed by atoms with van der Waals surface area (Å²) >= 11 is 1.68. The summed E-state index contributed by atoms with van der Waals surface area (Å²) in [4.78, 5) is 35.2. The van der Waals surface area contributed by atoms with E-state index in [-0.39, 0.29) is 5.91 Å². The number of rotatable bonds is 3. The molecule has 3 N–H and O–H groups in total. The fourth-order valence-electron chi connectivity index (χ4n) is 4.41. The summed E-state index contributed by atoms with van der Waals surface area (Å²) in [6, 6.07) is 15.4. The SMILES string of the molecule is NC(=O)c1cc(-c2ccc3sccc3c2)nc2c1[nH]c1cc(C(=O)N3CCOCC3)ccc12. The number of nitrogens with two attached hydrogens (primary N) is 1. The van der Waals surface area contributed by atoms with Gasteiger partial charge in [-0.25, -0.2) is 4.98 Å². The number of benzene rings is 2. The lowest BCUT2D eigenvalue weighted by molar-refractivity contribution is 0.0303. The Kier molecular flexibility index (Phi) is 4.63. The van der Waals surface area contributed by atoms with Gasteiger partial charge in [-0.2, -0.15) is 0 Å². The monoisotopic (exact) mass is 456 g/mol. The van der Waals surface area contributed by atoms with Crippen LogP contribution in [0.4, 0.5) is 0 Å². The van der Waals surface area contributed by atoms with Crippen LogP contribution in [0.5, 0.6) is 0 Å². The van der Waals surface area contributed by atoms with Gasteiger partial charge in [0.1, 0.15) is 0 Å². The van der Waals surface area contributed by atoms with Crippen molar-refractivity contribution in [2.75, 3.05) is 26.3 Å². The van der Waals surface area contributed by atoms with Crippen LogP contribution in [0.15, 0.2) is 53.9 Å². The van der Waals surface area contributed by atoms with E-state index in [1.165, 1.54) is 4.70 Å². The first kappa shape index (κ1) is 19.9. The van der Waals surface area contributed by atoms with Gasteiger partial charge in [0.25, 0.3) is 11.8 Å². The molecule has 1 saturated heterocycles. The molecule has 2 amide bonds. The smallest absolute Gasteiger partial charge is 0.254 e. The Balaban J connectivity index is 1.50. The van der Waals surface area contributed by atoms with Gasteiger partial charge in [-0.15, -0.1) is 11.3 Å². The molecule has 0 unspecified atom stereocenters. The van der Waals surface area contributed by atoms with Gasteiger partial charge < -0.3 is 20.4 Å². The first-order valence-electron chi connectivity index (χ1n) is 10.7. The van der Waals surface area contributed by atoms with E-state index in [0.717, 1.165) is 21.9 Å². The van der Waals surface area contributed by atoms with Crippen molar-refractivity contribution in [3.8, 4) is 11.3 Å². The first-order valence-corrected chi connectivity index (χ1v) is 11.6. The molecule has 0 saturated carbocycles. The van der Waals surface area contributed by atoms with E-state index in [1.54, 1.807) is 22.3 Å². The van der Waals surface area contributed by atoms with Crippen molar-refractivity contribution in [3.63, 3.8) is 0 Å². The number of aromatic amines is 1. The molecule has 0 spiro atoms. The average Bonchev–Trinajstić information content (AvgIpc) is 3.46. The highest BCUT2D eigenvalue weighted by Gasteiger charge is 2.21. The summed E-state index contributed by atoms with van der Waals surface area (Å²) in [6.07, 6.45) is 0. The predicted octanol–water partition coefficient (Wildman–Crippen LogP) is 4.17. The minimum absolute atomic E-state index is 0.0355. The summed E-state index contributed by atoms with van der Waals surface area (Å²) in [6.45, 7) is 2.25. The zero-order valence-electron chi connectivity index (χ0n) is 17.6. The number of aromatic nitrogens is 2. The summed E-state index contributed by atoms with van der Waals surface area (Å²) in [7, 11) is 0. The van der Waals surface area contributed by atoms with Gasteiger partial charge >= 0.3 is 0 Å². The van der Waals surface area contributed by atoms with E-state index in [4.69, 9.17) is 15.5 Å². The molecule has 1 fully saturated rings. The molecular formula is C25H20N4O3S. The highest BCUT2D eigenvalue weighted by Crippen LogP contribution is 2.32. The van der Waals surface area contributed by atoms with Gasteiger partial charge in [0.05, 0.1) is 35.5 Å². The third kappa shape index (κ3) is 3.35. The van der Waals surface area contributed by atoms with Crippen LogP contribution in [0, 0.1) is 0 Å². The number of fused-ring (bicyclic) bond motifs is 4. The number of nitrogens with one attached hydrogen (secondary N) is 1. The van der Waals surface area contributed by atoms with Crippen molar-refractivity contribution in [2.24, 2.45) is 5.73 Å². The number of primary amides is 1. The Hall–Kier alpha value is -3.75. The van der Waals surface area contributed by atoms with Crippen molar-refractivity contribution in [1.29, 1.82) is 0 Å². The summed E-state index contributed by atoms with van der Waals surface area (Å²) in [5.41, 5.74) is 10.3. The first-order chi connectivity index (χ1) is 16.1. The molecule has 3 aromatic heterocycles. The Morgan fingerprint density at radius 1 is 1.06 bits per heavy atom. The van der Waals surface area contributed by atoms with E-state index in [0.29, 0.717) is 54.2 Å². The van der Waals surface area contributed by atoms with E-state index in [2.05, 4.69) is 28.6 Å². The minimum Gasteiger partial charge on any atom is -0.378 e. The van der Waals surface area contributed by atoms with Crippen LogP contribution in [0.1, 0.15) is 20.7 Å². The van der Waals surface area contributed by atoms with Crippen LogP contribution in [-0.4, -0.2) is 53.0 Å². The Labute approximate surface area is 192 Å². The molecule has 0 bridgehead atoms. The lowest BCUT2D eigenvalue weighted by Gasteiger charge is -2.26. The van der Waals surface area contributed by atoms with E-state index in [9.17, 15) is 9.59 Å². The Morgan fingerprint density at radius 3 is 2.73 bits per heavy atom. The fraction of sp³-hybridized carbons (Fsp3) is 0.160. The molecule has 0 atom stereocenters. The predicted molar refractivity (Wildman–Crippen MR) is 130 cm³/mol. The quantitative estimate of drug-likeness (QED) is 0.425. The molecule has 33 heavy (non-hydrogen) atoms. The molecule has 2 aromatic carbocycles. The third-order valence-electron chi connectivity index (χ3n) is 6.11. The maximum absolute atomic E-state index is 12.9. The lowest BCUT2D eigenvalue weighted by atomic mass is 10.1. The minimum atomic E-state index is -0.531. The van der Waals surface area contributed by atoms with Crippen molar-refractivity contribution in [1.82, 2.24) is 14.9 Å². The van der Waals surface area contributed by atoms with Crippen LogP contribution in [-0.2, 0) is 4.74 Å². The number of amides is 2. The highest BCUT2D eigenvalue weighted by atomic mass is 32.1. The van der Waals surface area contributed by atoms with Crippen LogP contribution < -0.4 is 5.73 Å². The second-order valence-corrected chi connectivity index (χ2v) is 9.05. The number of morpholine rings is 1. The average molecular weight is 457 g/mol. The number of carbonyl (C=O) groups excluding carboxylic acids is 2. The van der Waals surface area contributed by atoms with E-state index >= 15 is 0 Å². The molecule has 1 aliphatic rings. The normalized spacial score (nSPS) is 14.4. The van der Waals surface area contributed by atoms with Crippen molar-refractivity contribution >= 4 is 55.2 Å². The molecular weight excluding hydrogens is 436 g/mol. The molecule has 4 heterocycles. The molecule has 8 heteroatoms. The molecule has 5 aromatic rings. The van der Waals surface area contributed by atoms with Gasteiger partial charge in [0.15, 0.2) is 0 Å². The number of carbonyl (C=O) groups is 2. The summed E-state index contributed by atoms with van der Waals surface area (Å²) < 4.78 is 6.54. The summed E-state index contributed by atoms with van der Waals surface area (Å²) in [5, 5.41) is 4.02. The molecule has 164 valence electrons. The van der Waals surface area contributed by atoms with Gasteiger partial charge in [-0.1, -0.05) is 6.07 Å². The van der Waals surface area contributed by atoms with E-state index in [1.807, 2.05) is 24.3 Å². The summed E-state index contributed by atoms with van der Waals surface area (Å²) in [5.74, 6) is -0.567. The highest BCUT2D eigenvalue weighted by molar-refractivity contribution is 7.17. The fourth-order valence-corrected chi connectivity index (χ4v) is 5.18. The van der Waals surface area contributed by atoms with E-state index < -0.39 is 5.91 Å². The topological polar surface area (TPSA) is 101 Å². The van der Waals surface area contributed by atoms with Gasteiger partial charge in [-0.3, -0.25) is 9.59 Å². The number of nitrogens with zero attached hydrogens (tertiary/aromatic N) is 2. The lowest BCUT2D eigenvalue weighted by Crippen LogP contribution is -2.40. The van der Waals surface area contributed by atoms with Crippen LogP contribution in [0.2, 0.25) is 0 Å². The van der Waals surface area contributed by atoms with Crippen LogP contribution >= 0.6 is 11.3 Å². The zero-order chi connectivity index (χ0) is 22.5. The van der Waals surface area contributed by atoms with Gasteiger partial charge in [0, 0.05) is 39.8 Å². The number of hydrogen-bond donors (Lipinski definition) is 2. The second kappa shape index (κ2) is 7.68. The Bertz CT molecular complexity index is 1560. The van der Waals surface area contributed by atoms with Crippen molar-refractivity contribution in [2.45, 2.75) is 0 Å². The maximum Gasteiger partial charge on any atom is 0.254 e. The number of thiophene rings is 1. The van der Waals surface area contributed by atoms with Gasteiger partial charge in [0.2, 0.25) is 0 Å². The van der Waals surface area contributed by atoms with Crippen molar-refractivity contribution < 1.29 is 14.3 Å². The molecule has 6 rings (SSSR count). The third-order valence-corrected chi connectivity index (χ3v) is 7.01. The largest absolute Gasteiger partial charge is 0.378 e. The van der Waals surface area contributed by atoms with Crippen molar-refractivity contribution in [3.05, 3.63) is 65.0 Å². The maximum atomic E-state index is 12.9. The number of H-pyrrole nitrogens is 1. The zero-order valence-corrected chi connectivity index (χ0v) is 18.4.